The molecule has 0 saturated heterocycles. The van der Waals surface area contributed by atoms with Gasteiger partial charge in [-0.15, -0.1) is 0 Å². The van der Waals surface area contributed by atoms with Gasteiger partial charge in [-0.05, 0) is 41.5 Å². The van der Waals surface area contributed by atoms with Gasteiger partial charge < -0.3 is 10.1 Å². The van der Waals surface area contributed by atoms with Crippen LogP contribution in [0.3, 0.4) is 0 Å². The molecule has 0 aliphatic rings. The van der Waals surface area contributed by atoms with E-state index in [0.29, 0.717) is 0 Å². The molecule has 0 aliphatic carbocycles. The molecule has 1 unspecified atom stereocenters. The fraction of sp³-hybridized carbons (Fsp3) is 0.400. The van der Waals surface area contributed by atoms with Gasteiger partial charge in [0, 0.05) is 16.6 Å². The van der Waals surface area contributed by atoms with Crippen molar-refractivity contribution in [1.29, 1.82) is 0 Å². The van der Waals surface area contributed by atoms with Crippen LogP contribution in [0.2, 0.25) is 0 Å². The lowest BCUT2D eigenvalue weighted by molar-refractivity contribution is 0.403. The highest BCUT2D eigenvalue weighted by molar-refractivity contribution is 9.10. The number of aryl methyl sites for hydroxylation is 1. The first-order valence-electron chi connectivity index (χ1n) is 6.84. The smallest absolute Gasteiger partial charge is 0.125 e. The first kappa shape index (κ1) is 16.5. The number of rotatable bonds is 6. The lowest BCUT2D eigenvalue weighted by atomic mass is 10.0. The molecule has 0 amide bonds. The van der Waals surface area contributed by atoms with Crippen LogP contribution in [0.15, 0.2) is 33.3 Å². The van der Waals surface area contributed by atoms with Gasteiger partial charge in [0.25, 0.3) is 0 Å². The topological polar surface area (TPSA) is 39.1 Å². The van der Waals surface area contributed by atoms with Crippen LogP contribution in [-0.4, -0.2) is 23.9 Å². The van der Waals surface area contributed by atoms with Gasteiger partial charge in [-0.2, -0.15) is 5.10 Å². The van der Waals surface area contributed by atoms with E-state index in [0.717, 1.165) is 38.9 Å². The molecule has 21 heavy (non-hydrogen) atoms. The van der Waals surface area contributed by atoms with Gasteiger partial charge in [-0.3, -0.25) is 4.68 Å². The van der Waals surface area contributed by atoms with Crippen molar-refractivity contribution in [1.82, 2.24) is 15.1 Å². The van der Waals surface area contributed by atoms with E-state index >= 15 is 0 Å². The summed E-state index contributed by atoms with van der Waals surface area (Å²) >= 11 is 7.10. The second kappa shape index (κ2) is 7.42. The zero-order valence-corrected chi connectivity index (χ0v) is 15.5. The van der Waals surface area contributed by atoms with Crippen molar-refractivity contribution in [2.45, 2.75) is 25.9 Å². The second-order valence-electron chi connectivity index (χ2n) is 4.71. The van der Waals surface area contributed by atoms with E-state index in [-0.39, 0.29) is 6.04 Å². The van der Waals surface area contributed by atoms with E-state index < -0.39 is 0 Å². The minimum atomic E-state index is 0.0106. The molecule has 1 atom stereocenters. The van der Waals surface area contributed by atoms with Crippen LogP contribution < -0.4 is 10.1 Å². The summed E-state index contributed by atoms with van der Waals surface area (Å²) in [6.45, 7) is 3.03. The van der Waals surface area contributed by atoms with Crippen LogP contribution in [0.5, 0.6) is 5.75 Å². The average Bonchev–Trinajstić information content (AvgIpc) is 2.83. The number of nitrogens with one attached hydrogen (secondary N) is 1. The molecule has 0 saturated carbocycles. The third-order valence-electron chi connectivity index (χ3n) is 3.34. The molecular weight excluding hydrogens is 398 g/mol. The summed E-state index contributed by atoms with van der Waals surface area (Å²) in [5.41, 5.74) is 2.20. The van der Waals surface area contributed by atoms with Gasteiger partial charge in [-0.1, -0.05) is 28.9 Å². The third-order valence-corrected chi connectivity index (χ3v) is 4.44. The summed E-state index contributed by atoms with van der Waals surface area (Å²) in [5.74, 6) is 0.847. The quantitative estimate of drug-likeness (QED) is 0.769. The van der Waals surface area contributed by atoms with Crippen LogP contribution in [0.4, 0.5) is 0 Å². The van der Waals surface area contributed by atoms with Gasteiger partial charge in [0.1, 0.15) is 5.75 Å². The zero-order chi connectivity index (χ0) is 15.4. The fourth-order valence-electron chi connectivity index (χ4n) is 2.41. The predicted octanol–water partition coefficient (Wildman–Crippen LogP) is 4.14. The number of ether oxygens (including phenoxy) is 1. The fourth-order valence-corrected chi connectivity index (χ4v) is 3.28. The Balaban J connectivity index is 2.52. The van der Waals surface area contributed by atoms with Crippen molar-refractivity contribution in [2.75, 3.05) is 14.2 Å². The molecule has 1 aromatic heterocycles. The van der Waals surface area contributed by atoms with Crippen LogP contribution in [0.25, 0.3) is 0 Å². The Morgan fingerprint density at radius 2 is 2.14 bits per heavy atom. The van der Waals surface area contributed by atoms with Crippen molar-refractivity contribution >= 4 is 31.9 Å². The van der Waals surface area contributed by atoms with E-state index in [1.54, 1.807) is 7.11 Å². The summed E-state index contributed by atoms with van der Waals surface area (Å²) in [5, 5.41) is 7.82. The van der Waals surface area contributed by atoms with Crippen molar-refractivity contribution in [3.8, 4) is 5.75 Å². The number of benzene rings is 1. The van der Waals surface area contributed by atoms with Crippen molar-refractivity contribution in [3.63, 3.8) is 0 Å². The lowest BCUT2D eigenvalue weighted by Crippen LogP contribution is -2.22. The van der Waals surface area contributed by atoms with Gasteiger partial charge in [0.05, 0.1) is 29.5 Å². The van der Waals surface area contributed by atoms with Gasteiger partial charge >= 0.3 is 0 Å². The molecule has 0 fully saturated rings. The normalized spacial score (nSPS) is 12.4. The number of nitrogens with zero attached hydrogens (tertiary/aromatic N) is 2. The monoisotopic (exact) mass is 415 g/mol. The highest BCUT2D eigenvalue weighted by atomic mass is 79.9. The SMILES string of the molecule is CCCn1ncc(Br)c1C(NC)c1ccc(Br)cc1OC. The van der Waals surface area contributed by atoms with Gasteiger partial charge in [-0.25, -0.2) is 0 Å². The molecule has 2 aromatic rings. The number of halogens is 2. The maximum atomic E-state index is 5.53. The molecule has 2 rings (SSSR count). The summed E-state index contributed by atoms with van der Waals surface area (Å²) in [6, 6.07) is 6.08. The Morgan fingerprint density at radius 3 is 2.76 bits per heavy atom. The van der Waals surface area contributed by atoms with Crippen LogP contribution >= 0.6 is 31.9 Å². The summed E-state index contributed by atoms with van der Waals surface area (Å²) in [6.07, 6.45) is 2.88. The van der Waals surface area contributed by atoms with E-state index in [1.165, 1.54) is 0 Å². The summed E-state index contributed by atoms with van der Waals surface area (Å²) in [7, 11) is 3.64. The number of hydrogen-bond acceptors (Lipinski definition) is 3. The molecule has 114 valence electrons. The Morgan fingerprint density at radius 1 is 1.38 bits per heavy atom. The molecule has 1 N–H and O–H groups in total. The molecule has 0 bridgehead atoms. The van der Waals surface area contributed by atoms with Crippen LogP contribution in [-0.2, 0) is 6.54 Å². The van der Waals surface area contributed by atoms with Gasteiger partial charge in [0.2, 0.25) is 0 Å². The van der Waals surface area contributed by atoms with Gasteiger partial charge in [0.15, 0.2) is 0 Å². The Bertz CT molecular complexity index is 613. The summed E-state index contributed by atoms with van der Waals surface area (Å²) in [4.78, 5) is 0. The van der Waals surface area contributed by atoms with Crippen molar-refractivity contribution in [3.05, 3.63) is 44.6 Å². The zero-order valence-electron chi connectivity index (χ0n) is 12.4. The maximum absolute atomic E-state index is 5.53. The summed E-state index contributed by atoms with van der Waals surface area (Å²) < 4.78 is 9.57. The van der Waals surface area contributed by atoms with E-state index in [4.69, 9.17) is 4.74 Å². The van der Waals surface area contributed by atoms with Crippen LogP contribution in [0.1, 0.15) is 30.6 Å². The second-order valence-corrected chi connectivity index (χ2v) is 6.48. The minimum absolute atomic E-state index is 0.0106. The Labute approximate surface area is 142 Å². The largest absolute Gasteiger partial charge is 0.496 e. The molecule has 0 aliphatic heterocycles. The average molecular weight is 417 g/mol. The molecular formula is C15H19Br2N3O. The first-order chi connectivity index (χ1) is 10.1. The molecule has 1 heterocycles. The molecule has 4 nitrogen and oxygen atoms in total. The van der Waals surface area contributed by atoms with E-state index in [9.17, 15) is 0 Å². The van der Waals surface area contributed by atoms with Crippen molar-refractivity contribution < 1.29 is 4.74 Å². The van der Waals surface area contributed by atoms with Crippen LogP contribution in [0, 0.1) is 0 Å². The molecule has 0 radical (unpaired) electrons. The number of methoxy groups -OCH3 is 1. The van der Waals surface area contributed by atoms with E-state index in [2.05, 4.69) is 55.3 Å². The molecule has 1 aromatic carbocycles. The number of aromatic nitrogens is 2. The Kier molecular flexibility index (Phi) is 5.84. The predicted molar refractivity (Wildman–Crippen MR) is 91.8 cm³/mol. The highest BCUT2D eigenvalue weighted by Gasteiger charge is 2.23. The maximum Gasteiger partial charge on any atom is 0.125 e. The Hall–Kier alpha value is -0.850. The van der Waals surface area contributed by atoms with Crippen molar-refractivity contribution in [2.24, 2.45) is 0 Å². The first-order valence-corrected chi connectivity index (χ1v) is 8.42. The third kappa shape index (κ3) is 3.49. The standard InChI is InChI=1S/C15H19Br2N3O/c1-4-7-20-15(12(17)9-19-20)14(18-2)11-6-5-10(16)8-13(11)21-3/h5-6,8-9,14,18H,4,7H2,1-3H3. The molecule has 6 heteroatoms. The molecule has 0 spiro atoms. The van der Waals surface area contributed by atoms with E-state index in [1.807, 2.05) is 30.1 Å². The minimum Gasteiger partial charge on any atom is -0.496 e. The highest BCUT2D eigenvalue weighted by Crippen LogP contribution is 2.35. The lowest BCUT2D eigenvalue weighted by Gasteiger charge is -2.21. The number of hydrogen-bond donors (Lipinski definition) is 1.